The monoisotopic (exact) mass is 199 g/mol. The Hall–Kier alpha value is -0.160. The number of nitrogens with zero attached hydrogens (tertiary/aromatic N) is 1. The Bertz CT molecular complexity index is 129. The first kappa shape index (κ1) is 12.8. The van der Waals surface area contributed by atoms with Gasteiger partial charge in [0.1, 0.15) is 0 Å². The van der Waals surface area contributed by atoms with E-state index in [0.717, 1.165) is 5.75 Å². The quantitative estimate of drug-likeness (QED) is 0.524. The van der Waals surface area contributed by atoms with Crippen molar-refractivity contribution in [3.8, 4) is 6.07 Å². The lowest BCUT2D eigenvalue weighted by molar-refractivity contribution is 0.627. The number of hydrogen-bond acceptors (Lipinski definition) is 2. The minimum atomic E-state index is 0.709. The number of rotatable bonds is 9. The zero-order chi connectivity index (χ0) is 9.78. The number of unbranched alkanes of at least 4 members (excludes halogenated alkanes) is 5. The van der Waals surface area contributed by atoms with Crippen LogP contribution in [0.25, 0.3) is 0 Å². The summed E-state index contributed by atoms with van der Waals surface area (Å²) in [6, 6.07) is 2.17. The molecule has 0 heterocycles. The first-order chi connectivity index (χ1) is 6.41. The fourth-order valence-corrected chi connectivity index (χ4v) is 2.05. The van der Waals surface area contributed by atoms with Gasteiger partial charge in [0, 0.05) is 12.2 Å². The van der Waals surface area contributed by atoms with Crippen molar-refractivity contribution in [2.75, 3.05) is 11.5 Å². The van der Waals surface area contributed by atoms with Crippen LogP contribution >= 0.6 is 11.8 Å². The molecule has 0 atom stereocenters. The molecule has 13 heavy (non-hydrogen) atoms. The van der Waals surface area contributed by atoms with Gasteiger partial charge in [-0.15, -0.1) is 0 Å². The zero-order valence-electron chi connectivity index (χ0n) is 8.72. The third-order valence-corrected chi connectivity index (χ3v) is 3.07. The van der Waals surface area contributed by atoms with Crippen LogP contribution in [0.3, 0.4) is 0 Å². The van der Waals surface area contributed by atoms with Gasteiger partial charge in [-0.05, 0) is 12.2 Å². The number of thioether (sulfide) groups is 1. The summed E-state index contributed by atoms with van der Waals surface area (Å²) < 4.78 is 0. The largest absolute Gasteiger partial charge is 0.198 e. The molecular formula is C11H21NS. The summed E-state index contributed by atoms with van der Waals surface area (Å²) in [5, 5.41) is 8.30. The fourth-order valence-electron chi connectivity index (χ4n) is 1.20. The molecule has 0 N–H and O–H groups in total. The molecule has 0 fully saturated rings. The number of hydrogen-bond donors (Lipinski definition) is 0. The Morgan fingerprint density at radius 1 is 1.00 bits per heavy atom. The van der Waals surface area contributed by atoms with E-state index in [2.05, 4.69) is 13.0 Å². The molecule has 0 bridgehead atoms. The van der Waals surface area contributed by atoms with E-state index >= 15 is 0 Å². The summed E-state index contributed by atoms with van der Waals surface area (Å²) in [5.74, 6) is 2.26. The molecule has 0 spiro atoms. The van der Waals surface area contributed by atoms with Gasteiger partial charge in [-0.3, -0.25) is 0 Å². The summed E-state index contributed by atoms with van der Waals surface area (Å²) in [7, 11) is 0. The third kappa shape index (κ3) is 11.8. The minimum Gasteiger partial charge on any atom is -0.198 e. The highest BCUT2D eigenvalue weighted by atomic mass is 32.2. The predicted octanol–water partition coefficient (Wildman–Crippen LogP) is 3.99. The molecule has 76 valence electrons. The zero-order valence-corrected chi connectivity index (χ0v) is 9.54. The Balaban J connectivity index is 2.80. The van der Waals surface area contributed by atoms with Gasteiger partial charge in [-0.1, -0.05) is 39.0 Å². The van der Waals surface area contributed by atoms with Crippen LogP contribution < -0.4 is 0 Å². The Morgan fingerprint density at radius 2 is 1.69 bits per heavy atom. The van der Waals surface area contributed by atoms with Crippen molar-refractivity contribution in [2.45, 2.75) is 51.9 Å². The van der Waals surface area contributed by atoms with Crippen molar-refractivity contribution in [3.05, 3.63) is 0 Å². The van der Waals surface area contributed by atoms with Crippen molar-refractivity contribution in [3.63, 3.8) is 0 Å². The molecular weight excluding hydrogens is 178 g/mol. The van der Waals surface area contributed by atoms with Crippen molar-refractivity contribution < 1.29 is 0 Å². The van der Waals surface area contributed by atoms with E-state index in [9.17, 15) is 0 Å². The molecule has 0 aromatic carbocycles. The normalized spacial score (nSPS) is 9.85. The van der Waals surface area contributed by atoms with Gasteiger partial charge in [-0.25, -0.2) is 0 Å². The van der Waals surface area contributed by atoms with Gasteiger partial charge in [0.25, 0.3) is 0 Å². The molecule has 0 aromatic heterocycles. The second-order valence-corrected chi connectivity index (χ2v) is 4.51. The van der Waals surface area contributed by atoms with Crippen LogP contribution in [-0.4, -0.2) is 11.5 Å². The predicted molar refractivity (Wildman–Crippen MR) is 60.9 cm³/mol. The minimum absolute atomic E-state index is 0.709. The molecule has 0 saturated heterocycles. The first-order valence-electron chi connectivity index (χ1n) is 5.36. The lowest BCUT2D eigenvalue weighted by atomic mass is 10.1. The van der Waals surface area contributed by atoms with Crippen LogP contribution in [0.4, 0.5) is 0 Å². The summed E-state index contributed by atoms with van der Waals surface area (Å²) in [4.78, 5) is 0. The van der Waals surface area contributed by atoms with Crippen molar-refractivity contribution >= 4 is 11.8 Å². The van der Waals surface area contributed by atoms with Crippen LogP contribution in [0.2, 0.25) is 0 Å². The molecule has 1 nitrogen and oxygen atoms in total. The fraction of sp³-hybridized carbons (Fsp3) is 0.909. The third-order valence-electron chi connectivity index (χ3n) is 2.00. The van der Waals surface area contributed by atoms with Crippen molar-refractivity contribution in [1.29, 1.82) is 5.26 Å². The lowest BCUT2D eigenvalue weighted by Crippen LogP contribution is -1.84. The second-order valence-electron chi connectivity index (χ2n) is 3.29. The molecule has 0 aliphatic rings. The molecule has 2 heteroatoms. The van der Waals surface area contributed by atoms with Gasteiger partial charge in [-0.2, -0.15) is 17.0 Å². The standard InChI is InChI=1S/C11H21NS/c1-2-3-4-5-6-7-10-13-11-8-9-12/h2-8,10-11H2,1H3. The van der Waals surface area contributed by atoms with Crippen LogP contribution in [0, 0.1) is 11.3 Å². The van der Waals surface area contributed by atoms with Crippen LogP contribution in [0.1, 0.15) is 51.9 Å². The van der Waals surface area contributed by atoms with E-state index in [1.54, 1.807) is 0 Å². The molecule has 0 aliphatic carbocycles. The summed E-state index contributed by atoms with van der Waals surface area (Å²) in [5.41, 5.74) is 0. The van der Waals surface area contributed by atoms with Crippen LogP contribution in [0.15, 0.2) is 0 Å². The van der Waals surface area contributed by atoms with E-state index < -0.39 is 0 Å². The molecule has 0 unspecified atom stereocenters. The molecule has 0 amide bonds. The van der Waals surface area contributed by atoms with Gasteiger partial charge >= 0.3 is 0 Å². The first-order valence-corrected chi connectivity index (χ1v) is 6.52. The molecule has 0 aliphatic heterocycles. The highest BCUT2D eigenvalue weighted by molar-refractivity contribution is 7.99. The molecule has 0 aromatic rings. The molecule has 0 rings (SSSR count). The highest BCUT2D eigenvalue weighted by Crippen LogP contribution is 2.09. The van der Waals surface area contributed by atoms with E-state index in [4.69, 9.17) is 5.26 Å². The average molecular weight is 199 g/mol. The number of nitriles is 1. The average Bonchev–Trinajstić information content (AvgIpc) is 2.16. The maximum atomic E-state index is 8.30. The van der Waals surface area contributed by atoms with Gasteiger partial charge < -0.3 is 0 Å². The van der Waals surface area contributed by atoms with Gasteiger partial charge in [0.05, 0.1) is 6.07 Å². The Morgan fingerprint density at radius 3 is 2.38 bits per heavy atom. The van der Waals surface area contributed by atoms with Gasteiger partial charge in [0.2, 0.25) is 0 Å². The van der Waals surface area contributed by atoms with Crippen LogP contribution in [0.5, 0.6) is 0 Å². The lowest BCUT2D eigenvalue weighted by Gasteiger charge is -1.99. The second kappa shape index (κ2) is 11.8. The Kier molecular flexibility index (Phi) is 11.7. The summed E-state index contributed by atoms with van der Waals surface area (Å²) in [6.07, 6.45) is 8.93. The van der Waals surface area contributed by atoms with Crippen molar-refractivity contribution in [1.82, 2.24) is 0 Å². The summed E-state index contributed by atoms with van der Waals surface area (Å²) >= 11 is 1.92. The van der Waals surface area contributed by atoms with Crippen molar-refractivity contribution in [2.24, 2.45) is 0 Å². The Labute approximate surface area is 86.9 Å². The maximum Gasteiger partial charge on any atom is 0.0630 e. The van der Waals surface area contributed by atoms with Crippen LogP contribution in [-0.2, 0) is 0 Å². The smallest absolute Gasteiger partial charge is 0.0630 e. The van der Waals surface area contributed by atoms with E-state index in [1.165, 1.54) is 44.3 Å². The van der Waals surface area contributed by atoms with Gasteiger partial charge in [0.15, 0.2) is 0 Å². The topological polar surface area (TPSA) is 23.8 Å². The summed E-state index contributed by atoms with van der Waals surface area (Å²) in [6.45, 7) is 2.25. The van der Waals surface area contributed by atoms with E-state index in [1.807, 2.05) is 11.8 Å². The molecule has 0 saturated carbocycles. The SMILES string of the molecule is CCCCCCCCSCCC#N. The highest BCUT2D eigenvalue weighted by Gasteiger charge is 1.91. The maximum absolute atomic E-state index is 8.30. The van der Waals surface area contributed by atoms with E-state index in [-0.39, 0.29) is 0 Å². The van der Waals surface area contributed by atoms with E-state index in [0.29, 0.717) is 6.42 Å². The molecule has 0 radical (unpaired) electrons.